The summed E-state index contributed by atoms with van der Waals surface area (Å²) < 4.78 is 0. The summed E-state index contributed by atoms with van der Waals surface area (Å²) in [7, 11) is 0. The van der Waals surface area contributed by atoms with E-state index in [9.17, 15) is 4.79 Å². The van der Waals surface area contributed by atoms with Gasteiger partial charge in [-0.15, -0.1) is 5.10 Å². The SMILES string of the molecule is CC/C(=N\N=C1\NC(=O)[C@@H](CC)S1)c1ccccc1. The molecule has 0 radical (unpaired) electrons. The van der Waals surface area contributed by atoms with Crippen LogP contribution in [0.4, 0.5) is 0 Å². The van der Waals surface area contributed by atoms with Crippen molar-refractivity contribution in [3.8, 4) is 0 Å². The first-order chi connectivity index (χ1) is 9.24. The number of hydrogen-bond acceptors (Lipinski definition) is 4. The summed E-state index contributed by atoms with van der Waals surface area (Å²) in [5.41, 5.74) is 1.98. The topological polar surface area (TPSA) is 53.8 Å². The van der Waals surface area contributed by atoms with Gasteiger partial charge < -0.3 is 5.32 Å². The molecule has 5 heteroatoms. The molecule has 1 N–H and O–H groups in total. The smallest absolute Gasteiger partial charge is 0.239 e. The van der Waals surface area contributed by atoms with Gasteiger partial charge in [-0.1, -0.05) is 55.9 Å². The fourth-order valence-corrected chi connectivity index (χ4v) is 2.64. The van der Waals surface area contributed by atoms with E-state index >= 15 is 0 Å². The van der Waals surface area contributed by atoms with Crippen LogP contribution in [0.25, 0.3) is 0 Å². The third-order valence-electron chi connectivity index (χ3n) is 2.85. The quantitative estimate of drug-likeness (QED) is 0.678. The van der Waals surface area contributed by atoms with Crippen LogP contribution in [0.1, 0.15) is 32.3 Å². The van der Waals surface area contributed by atoms with Crippen LogP contribution in [0.3, 0.4) is 0 Å². The minimum absolute atomic E-state index is 0.0270. The maximum absolute atomic E-state index is 11.5. The van der Waals surface area contributed by atoms with Gasteiger partial charge in [0.05, 0.1) is 11.0 Å². The normalized spacial score (nSPS) is 21.8. The molecule has 4 nitrogen and oxygen atoms in total. The number of thioether (sulfide) groups is 1. The molecule has 0 unspecified atom stereocenters. The molecule has 1 atom stereocenters. The molecule has 19 heavy (non-hydrogen) atoms. The second kappa shape index (κ2) is 6.52. The van der Waals surface area contributed by atoms with Crippen LogP contribution in [0.15, 0.2) is 40.5 Å². The molecular formula is C14H17N3OS. The molecule has 2 rings (SSSR count). The maximum atomic E-state index is 11.5. The summed E-state index contributed by atoms with van der Waals surface area (Å²) in [6.07, 6.45) is 1.61. The van der Waals surface area contributed by atoms with E-state index in [1.165, 1.54) is 11.8 Å². The van der Waals surface area contributed by atoms with Crippen molar-refractivity contribution in [3.63, 3.8) is 0 Å². The van der Waals surface area contributed by atoms with Gasteiger partial charge in [0.1, 0.15) is 0 Å². The third kappa shape index (κ3) is 3.44. The molecule has 0 saturated carbocycles. The first-order valence-corrected chi connectivity index (χ1v) is 7.30. The highest BCUT2D eigenvalue weighted by Gasteiger charge is 2.28. The number of nitrogens with zero attached hydrogens (tertiary/aromatic N) is 2. The number of nitrogens with one attached hydrogen (secondary N) is 1. The highest BCUT2D eigenvalue weighted by atomic mass is 32.2. The van der Waals surface area contributed by atoms with Gasteiger partial charge in [0, 0.05) is 0 Å². The Morgan fingerprint density at radius 2 is 2.05 bits per heavy atom. The van der Waals surface area contributed by atoms with Crippen LogP contribution < -0.4 is 5.32 Å². The summed E-state index contributed by atoms with van der Waals surface area (Å²) in [6.45, 7) is 4.03. The maximum Gasteiger partial charge on any atom is 0.239 e. The highest BCUT2D eigenvalue weighted by molar-refractivity contribution is 8.15. The summed E-state index contributed by atoms with van der Waals surface area (Å²) in [4.78, 5) is 11.5. The van der Waals surface area contributed by atoms with Crippen molar-refractivity contribution in [2.45, 2.75) is 31.9 Å². The Kier molecular flexibility index (Phi) is 4.74. The van der Waals surface area contributed by atoms with E-state index in [1.807, 2.05) is 44.2 Å². The molecule has 1 aliphatic heterocycles. The van der Waals surface area contributed by atoms with Crippen LogP contribution in [0.5, 0.6) is 0 Å². The number of hydrogen-bond donors (Lipinski definition) is 1. The van der Waals surface area contributed by atoms with Crippen LogP contribution in [0.2, 0.25) is 0 Å². The number of amidine groups is 1. The lowest BCUT2D eigenvalue weighted by Crippen LogP contribution is -2.24. The Balaban J connectivity index is 2.15. The molecule has 1 amide bonds. The number of benzene rings is 1. The van der Waals surface area contributed by atoms with E-state index in [4.69, 9.17) is 0 Å². The molecule has 1 saturated heterocycles. The Hall–Kier alpha value is -1.62. The molecule has 1 aromatic rings. The zero-order chi connectivity index (χ0) is 13.7. The minimum Gasteiger partial charge on any atom is -0.303 e. The number of carbonyl (C=O) groups excluding carboxylic acids is 1. The second-order valence-electron chi connectivity index (χ2n) is 4.18. The minimum atomic E-state index is -0.0317. The average Bonchev–Trinajstić information content (AvgIpc) is 2.81. The van der Waals surface area contributed by atoms with Crippen molar-refractivity contribution in [3.05, 3.63) is 35.9 Å². The van der Waals surface area contributed by atoms with Crippen molar-refractivity contribution in [2.24, 2.45) is 10.2 Å². The van der Waals surface area contributed by atoms with Crippen LogP contribution >= 0.6 is 11.8 Å². The standard InChI is InChI=1S/C14H17N3OS/c1-3-11(10-8-6-5-7-9-10)16-17-14-15-13(18)12(4-2)19-14/h5-9,12H,3-4H2,1-2H3,(H,15,17,18)/b16-11+/t12-/m1/s1. The predicted molar refractivity (Wildman–Crippen MR) is 80.5 cm³/mol. The first kappa shape index (κ1) is 13.8. The van der Waals surface area contributed by atoms with E-state index in [1.54, 1.807) is 0 Å². The lowest BCUT2D eigenvalue weighted by atomic mass is 10.1. The van der Waals surface area contributed by atoms with Gasteiger partial charge >= 0.3 is 0 Å². The van der Waals surface area contributed by atoms with Gasteiger partial charge in [-0.3, -0.25) is 4.79 Å². The molecule has 0 aliphatic carbocycles. The van der Waals surface area contributed by atoms with E-state index in [-0.39, 0.29) is 11.2 Å². The summed E-state index contributed by atoms with van der Waals surface area (Å²) in [6, 6.07) is 9.96. The Morgan fingerprint density at radius 3 is 2.63 bits per heavy atom. The molecule has 100 valence electrons. The molecule has 1 aliphatic rings. The summed E-state index contributed by atoms with van der Waals surface area (Å²) >= 11 is 1.45. The largest absolute Gasteiger partial charge is 0.303 e. The Labute approximate surface area is 117 Å². The van der Waals surface area contributed by atoms with Crippen LogP contribution in [0, 0.1) is 0 Å². The van der Waals surface area contributed by atoms with Gasteiger partial charge in [-0.2, -0.15) is 5.10 Å². The van der Waals surface area contributed by atoms with Crippen molar-refractivity contribution in [2.75, 3.05) is 0 Å². The highest BCUT2D eigenvalue weighted by Crippen LogP contribution is 2.22. The van der Waals surface area contributed by atoms with Crippen LogP contribution in [-0.2, 0) is 4.79 Å². The zero-order valence-electron chi connectivity index (χ0n) is 11.1. The van der Waals surface area contributed by atoms with E-state index in [0.717, 1.165) is 24.1 Å². The summed E-state index contributed by atoms with van der Waals surface area (Å²) in [5, 5.41) is 11.7. The first-order valence-electron chi connectivity index (χ1n) is 6.42. The molecule has 1 aromatic carbocycles. The lowest BCUT2D eigenvalue weighted by Gasteiger charge is -2.01. The van der Waals surface area contributed by atoms with Gasteiger partial charge in [0.2, 0.25) is 5.91 Å². The van der Waals surface area contributed by atoms with Crippen LogP contribution in [-0.4, -0.2) is 22.0 Å². The molecule has 1 fully saturated rings. The molecule has 0 spiro atoms. The van der Waals surface area contributed by atoms with Gasteiger partial charge in [-0.25, -0.2) is 0 Å². The van der Waals surface area contributed by atoms with Crippen molar-refractivity contribution >= 4 is 28.5 Å². The monoisotopic (exact) mass is 275 g/mol. The summed E-state index contributed by atoms with van der Waals surface area (Å²) in [5.74, 6) is 0.0270. The number of rotatable bonds is 4. The lowest BCUT2D eigenvalue weighted by molar-refractivity contribution is -0.118. The Morgan fingerprint density at radius 1 is 1.32 bits per heavy atom. The third-order valence-corrected chi connectivity index (χ3v) is 4.09. The Bertz CT molecular complexity index is 511. The molecule has 0 bridgehead atoms. The van der Waals surface area contributed by atoms with Gasteiger partial charge in [0.15, 0.2) is 5.17 Å². The van der Waals surface area contributed by atoms with Crippen molar-refractivity contribution in [1.29, 1.82) is 0 Å². The molecule has 1 heterocycles. The number of carbonyl (C=O) groups is 1. The predicted octanol–water partition coefficient (Wildman–Crippen LogP) is 2.80. The average molecular weight is 275 g/mol. The van der Waals surface area contributed by atoms with Gasteiger partial charge in [0.25, 0.3) is 0 Å². The number of amides is 1. The molecular weight excluding hydrogens is 258 g/mol. The molecule has 0 aromatic heterocycles. The van der Waals surface area contributed by atoms with E-state index < -0.39 is 0 Å². The van der Waals surface area contributed by atoms with E-state index in [0.29, 0.717) is 5.17 Å². The fraction of sp³-hybridized carbons (Fsp3) is 0.357. The van der Waals surface area contributed by atoms with Crippen molar-refractivity contribution < 1.29 is 4.79 Å². The van der Waals surface area contributed by atoms with Gasteiger partial charge in [-0.05, 0) is 18.4 Å². The van der Waals surface area contributed by atoms with E-state index in [2.05, 4.69) is 15.5 Å². The zero-order valence-corrected chi connectivity index (χ0v) is 11.9. The second-order valence-corrected chi connectivity index (χ2v) is 5.37. The van der Waals surface area contributed by atoms with Crippen molar-refractivity contribution in [1.82, 2.24) is 5.32 Å². The fourth-order valence-electron chi connectivity index (χ4n) is 1.79.